The Kier molecular flexibility index (Phi) is 7.80. The molecule has 4 rings (SSSR count). The number of ether oxygens (including phenoxy) is 2. The molecule has 0 spiro atoms. The van der Waals surface area contributed by atoms with Gasteiger partial charge in [0.05, 0.1) is 26.4 Å². The van der Waals surface area contributed by atoms with E-state index in [-0.39, 0.29) is 6.04 Å². The molecule has 0 bridgehead atoms. The van der Waals surface area contributed by atoms with Gasteiger partial charge in [0.15, 0.2) is 0 Å². The second-order valence-electron chi connectivity index (χ2n) is 8.14. The molecule has 6 nitrogen and oxygen atoms in total. The van der Waals surface area contributed by atoms with Crippen molar-refractivity contribution in [2.75, 3.05) is 38.3 Å². The summed E-state index contributed by atoms with van der Waals surface area (Å²) in [6, 6.07) is 18.7. The highest BCUT2D eigenvalue weighted by atomic mass is 16.5. The summed E-state index contributed by atoms with van der Waals surface area (Å²) >= 11 is 0. The molecule has 2 aromatic carbocycles. The molecule has 1 N–H and O–H groups in total. The fourth-order valence-corrected chi connectivity index (χ4v) is 4.01. The lowest BCUT2D eigenvalue weighted by molar-refractivity contribution is 0.120. The lowest BCUT2D eigenvalue weighted by Gasteiger charge is -2.27. The van der Waals surface area contributed by atoms with Crippen molar-refractivity contribution < 1.29 is 13.9 Å². The highest BCUT2D eigenvalue weighted by Gasteiger charge is 2.25. The summed E-state index contributed by atoms with van der Waals surface area (Å²) in [5, 5.41) is 3.66. The fraction of sp³-hybridized carbons (Fsp3) is 0.423. The molecule has 0 radical (unpaired) electrons. The summed E-state index contributed by atoms with van der Waals surface area (Å²) in [6.45, 7) is 6.03. The van der Waals surface area contributed by atoms with E-state index in [9.17, 15) is 0 Å². The molecule has 170 valence electrons. The normalized spacial score (nSPS) is 15.0. The first kappa shape index (κ1) is 22.4. The van der Waals surface area contributed by atoms with E-state index in [1.807, 2.05) is 18.2 Å². The van der Waals surface area contributed by atoms with E-state index in [4.69, 9.17) is 18.9 Å². The van der Waals surface area contributed by atoms with Crippen molar-refractivity contribution in [3.63, 3.8) is 0 Å². The van der Waals surface area contributed by atoms with Gasteiger partial charge in [0, 0.05) is 26.1 Å². The number of aromatic nitrogens is 1. The monoisotopic (exact) mass is 435 g/mol. The van der Waals surface area contributed by atoms with Crippen LogP contribution in [0.4, 0.5) is 5.88 Å². The van der Waals surface area contributed by atoms with E-state index >= 15 is 0 Å². The molecule has 1 aromatic heterocycles. The largest absolute Gasteiger partial charge is 0.497 e. The van der Waals surface area contributed by atoms with Gasteiger partial charge in [-0.3, -0.25) is 0 Å². The van der Waals surface area contributed by atoms with Crippen LogP contribution in [0.1, 0.15) is 48.5 Å². The van der Waals surface area contributed by atoms with Gasteiger partial charge in [-0.15, -0.1) is 0 Å². The summed E-state index contributed by atoms with van der Waals surface area (Å²) in [6.07, 6.45) is 2.77. The Balaban J connectivity index is 1.55. The highest BCUT2D eigenvalue weighted by Crippen LogP contribution is 2.30. The van der Waals surface area contributed by atoms with Crippen LogP contribution in [0.3, 0.4) is 0 Å². The lowest BCUT2D eigenvalue weighted by Crippen LogP contribution is -2.36. The molecule has 1 aliphatic rings. The number of oxazole rings is 1. The maximum atomic E-state index is 6.44. The molecule has 0 amide bonds. The molecule has 2 heterocycles. The quantitative estimate of drug-likeness (QED) is 0.496. The first-order valence-corrected chi connectivity index (χ1v) is 11.5. The molecule has 1 atom stereocenters. The second kappa shape index (κ2) is 11.2. The Labute approximate surface area is 190 Å². The van der Waals surface area contributed by atoms with Crippen LogP contribution in [-0.2, 0) is 17.7 Å². The van der Waals surface area contributed by atoms with Crippen molar-refractivity contribution in [1.82, 2.24) is 10.3 Å². The molecule has 6 heteroatoms. The van der Waals surface area contributed by atoms with Crippen molar-refractivity contribution in [3.05, 3.63) is 77.3 Å². The standard InChI is InChI=1S/C26H33N3O3/c1-3-7-23(27-19-21-10-12-22(30-2)13-11-21)25-28-24(18-20-8-5-4-6-9-20)26(32-25)29-14-16-31-17-15-29/h4-6,8-13,23,27H,3,7,14-19H2,1-2H3. The maximum Gasteiger partial charge on any atom is 0.220 e. The third-order valence-electron chi connectivity index (χ3n) is 5.79. The van der Waals surface area contributed by atoms with Gasteiger partial charge in [-0.05, 0) is 29.7 Å². The van der Waals surface area contributed by atoms with E-state index in [1.165, 1.54) is 11.1 Å². The van der Waals surface area contributed by atoms with Gasteiger partial charge in [0.25, 0.3) is 0 Å². The van der Waals surface area contributed by atoms with E-state index in [0.29, 0.717) is 0 Å². The first-order chi connectivity index (χ1) is 15.8. The van der Waals surface area contributed by atoms with Crippen LogP contribution in [0.5, 0.6) is 5.75 Å². The molecule has 1 fully saturated rings. The summed E-state index contributed by atoms with van der Waals surface area (Å²) in [5.41, 5.74) is 3.44. The van der Waals surface area contributed by atoms with Gasteiger partial charge in [0.1, 0.15) is 11.4 Å². The van der Waals surface area contributed by atoms with Crippen LogP contribution in [0.2, 0.25) is 0 Å². The Morgan fingerprint density at radius 1 is 1.03 bits per heavy atom. The van der Waals surface area contributed by atoms with Crippen molar-refractivity contribution >= 4 is 5.88 Å². The van der Waals surface area contributed by atoms with Crippen LogP contribution >= 0.6 is 0 Å². The molecule has 1 saturated heterocycles. The third-order valence-corrected chi connectivity index (χ3v) is 5.79. The van der Waals surface area contributed by atoms with E-state index < -0.39 is 0 Å². The fourth-order valence-electron chi connectivity index (χ4n) is 4.01. The second-order valence-corrected chi connectivity index (χ2v) is 8.14. The first-order valence-electron chi connectivity index (χ1n) is 11.5. The third kappa shape index (κ3) is 5.69. The maximum absolute atomic E-state index is 6.44. The van der Waals surface area contributed by atoms with Crippen LogP contribution in [0.25, 0.3) is 0 Å². The molecule has 0 aliphatic carbocycles. The number of benzene rings is 2. The van der Waals surface area contributed by atoms with Crippen LogP contribution in [0, 0.1) is 0 Å². The number of rotatable bonds is 10. The van der Waals surface area contributed by atoms with E-state index in [1.54, 1.807) is 7.11 Å². The Morgan fingerprint density at radius 3 is 2.47 bits per heavy atom. The number of hydrogen-bond donors (Lipinski definition) is 1. The van der Waals surface area contributed by atoms with Gasteiger partial charge in [-0.1, -0.05) is 55.8 Å². The molecule has 1 aliphatic heterocycles. The van der Waals surface area contributed by atoms with Crippen molar-refractivity contribution in [2.45, 2.75) is 38.8 Å². The summed E-state index contributed by atoms with van der Waals surface area (Å²) in [5.74, 6) is 2.53. The minimum absolute atomic E-state index is 0.0615. The predicted molar refractivity (Wildman–Crippen MR) is 126 cm³/mol. The minimum Gasteiger partial charge on any atom is -0.497 e. The van der Waals surface area contributed by atoms with Gasteiger partial charge >= 0.3 is 0 Å². The summed E-state index contributed by atoms with van der Waals surface area (Å²) < 4.78 is 17.3. The van der Waals surface area contributed by atoms with Gasteiger partial charge in [0.2, 0.25) is 11.8 Å². The number of morpholine rings is 1. The number of methoxy groups -OCH3 is 1. The lowest BCUT2D eigenvalue weighted by atomic mass is 10.1. The molecular formula is C26H33N3O3. The average Bonchev–Trinajstić information content (AvgIpc) is 3.27. The zero-order valence-electron chi connectivity index (χ0n) is 19.0. The Bertz CT molecular complexity index is 950. The average molecular weight is 436 g/mol. The van der Waals surface area contributed by atoms with Crippen LogP contribution in [-0.4, -0.2) is 38.4 Å². The molecule has 3 aromatic rings. The summed E-state index contributed by atoms with van der Waals surface area (Å²) in [7, 11) is 1.69. The van der Waals surface area contributed by atoms with Crippen molar-refractivity contribution in [2.24, 2.45) is 0 Å². The predicted octanol–water partition coefficient (Wildman–Crippen LogP) is 4.74. The van der Waals surface area contributed by atoms with Crippen molar-refractivity contribution in [1.29, 1.82) is 0 Å². The van der Waals surface area contributed by atoms with Crippen LogP contribution < -0.4 is 15.0 Å². The van der Waals surface area contributed by atoms with Gasteiger partial charge in [-0.2, -0.15) is 0 Å². The molecule has 32 heavy (non-hydrogen) atoms. The summed E-state index contributed by atoms with van der Waals surface area (Å²) in [4.78, 5) is 7.28. The van der Waals surface area contributed by atoms with Crippen molar-refractivity contribution in [3.8, 4) is 5.75 Å². The SMILES string of the molecule is CCCC(NCc1ccc(OC)cc1)c1nc(Cc2ccccc2)c(N2CCOCC2)o1. The number of nitrogens with zero attached hydrogens (tertiary/aromatic N) is 2. The van der Waals surface area contributed by atoms with E-state index in [0.717, 1.165) is 75.3 Å². The molecule has 0 saturated carbocycles. The minimum atomic E-state index is 0.0615. The number of hydrogen-bond acceptors (Lipinski definition) is 6. The molecule has 1 unspecified atom stereocenters. The zero-order valence-corrected chi connectivity index (χ0v) is 19.0. The van der Waals surface area contributed by atoms with Gasteiger partial charge in [-0.25, -0.2) is 4.98 Å². The van der Waals surface area contributed by atoms with E-state index in [2.05, 4.69) is 53.5 Å². The van der Waals surface area contributed by atoms with Crippen LogP contribution in [0.15, 0.2) is 59.0 Å². The zero-order chi connectivity index (χ0) is 22.2. The highest BCUT2D eigenvalue weighted by molar-refractivity contribution is 5.44. The smallest absolute Gasteiger partial charge is 0.220 e. The Hall–Kier alpha value is -2.83. The van der Waals surface area contributed by atoms with Gasteiger partial charge < -0.3 is 24.1 Å². The topological polar surface area (TPSA) is 59.8 Å². The molecular weight excluding hydrogens is 402 g/mol. The Morgan fingerprint density at radius 2 is 1.78 bits per heavy atom. The number of nitrogens with one attached hydrogen (secondary N) is 1. The number of anilines is 1.